The molecule has 1 spiro atoms. The van der Waals surface area contributed by atoms with E-state index in [1.165, 1.54) is 0 Å². The number of nitrogens with zero attached hydrogens (tertiary/aromatic N) is 1. The zero-order chi connectivity index (χ0) is 10.9. The predicted octanol–water partition coefficient (Wildman–Crippen LogP) is -0.123. The van der Waals surface area contributed by atoms with Gasteiger partial charge in [-0.05, 0) is 5.92 Å². The highest BCUT2D eigenvalue weighted by molar-refractivity contribution is 6.09. The van der Waals surface area contributed by atoms with Gasteiger partial charge in [-0.15, -0.1) is 0 Å². The lowest BCUT2D eigenvalue weighted by Crippen LogP contribution is -2.47. The van der Waals surface area contributed by atoms with Crippen molar-refractivity contribution in [3.05, 3.63) is 0 Å². The van der Waals surface area contributed by atoms with Crippen LogP contribution in [0.2, 0.25) is 0 Å². The Bertz CT molecular complexity index is 293. The Hall–Kier alpha value is -1.10. The fraction of sp³-hybridized carbons (Fsp3) is 0.800. The summed E-state index contributed by atoms with van der Waals surface area (Å²) in [4.78, 5) is 16.0. The molecule has 0 radical (unpaired) electrons. The van der Waals surface area contributed by atoms with Crippen molar-refractivity contribution in [2.24, 2.45) is 10.9 Å². The van der Waals surface area contributed by atoms with E-state index in [9.17, 15) is 4.79 Å². The topological polar surface area (TPSA) is 62.7 Å². The van der Waals surface area contributed by atoms with Gasteiger partial charge in [0.1, 0.15) is 5.54 Å². The van der Waals surface area contributed by atoms with E-state index in [4.69, 9.17) is 4.74 Å². The molecule has 1 unspecified atom stereocenters. The van der Waals surface area contributed by atoms with Crippen molar-refractivity contribution < 1.29 is 9.53 Å². The SMILES string of the molecule is CC(C)CN=C1NC(=O)C2(CCOC2)N1. The standard InChI is InChI=1S/C10H17N3O2/c1-7(2)5-11-9-12-8(14)10(13-9)3-4-15-6-10/h7H,3-6H2,1-2H3,(H2,11,12,13,14). The summed E-state index contributed by atoms with van der Waals surface area (Å²) in [7, 11) is 0. The van der Waals surface area contributed by atoms with Crippen LogP contribution in [0.3, 0.4) is 0 Å². The fourth-order valence-electron chi connectivity index (χ4n) is 1.74. The molecule has 2 aliphatic heterocycles. The molecule has 0 aliphatic carbocycles. The van der Waals surface area contributed by atoms with Crippen molar-refractivity contribution >= 4 is 11.9 Å². The van der Waals surface area contributed by atoms with Gasteiger partial charge in [0.15, 0.2) is 5.96 Å². The van der Waals surface area contributed by atoms with E-state index in [1.807, 2.05) is 0 Å². The number of aliphatic imine (C=N–C) groups is 1. The Balaban J connectivity index is 2.03. The Morgan fingerprint density at radius 3 is 3.00 bits per heavy atom. The van der Waals surface area contributed by atoms with Crippen LogP contribution in [0.25, 0.3) is 0 Å². The number of carbonyl (C=O) groups is 1. The van der Waals surface area contributed by atoms with Gasteiger partial charge in [0.25, 0.3) is 5.91 Å². The number of hydrogen-bond acceptors (Lipinski definition) is 3. The van der Waals surface area contributed by atoms with Gasteiger partial charge >= 0.3 is 0 Å². The van der Waals surface area contributed by atoms with Crippen LogP contribution in [-0.2, 0) is 9.53 Å². The predicted molar refractivity (Wildman–Crippen MR) is 56.6 cm³/mol. The van der Waals surface area contributed by atoms with Crippen LogP contribution in [0.1, 0.15) is 20.3 Å². The maximum atomic E-state index is 11.7. The highest BCUT2D eigenvalue weighted by Crippen LogP contribution is 2.21. The molecule has 1 amide bonds. The maximum Gasteiger partial charge on any atom is 0.254 e. The first-order valence-electron chi connectivity index (χ1n) is 5.34. The van der Waals surface area contributed by atoms with Gasteiger partial charge in [-0.25, -0.2) is 0 Å². The van der Waals surface area contributed by atoms with Crippen molar-refractivity contribution in [3.63, 3.8) is 0 Å². The van der Waals surface area contributed by atoms with Crippen molar-refractivity contribution in [3.8, 4) is 0 Å². The smallest absolute Gasteiger partial charge is 0.254 e. The van der Waals surface area contributed by atoms with Gasteiger partial charge in [-0.3, -0.25) is 15.1 Å². The van der Waals surface area contributed by atoms with Gasteiger partial charge in [0.05, 0.1) is 6.61 Å². The highest BCUT2D eigenvalue weighted by Gasteiger charge is 2.47. The highest BCUT2D eigenvalue weighted by atomic mass is 16.5. The second-order valence-corrected chi connectivity index (χ2v) is 4.55. The lowest BCUT2D eigenvalue weighted by molar-refractivity contribution is -0.123. The molecule has 2 rings (SSSR count). The molecule has 1 atom stereocenters. The summed E-state index contributed by atoms with van der Waals surface area (Å²) < 4.78 is 5.25. The van der Waals surface area contributed by atoms with Crippen LogP contribution in [0.15, 0.2) is 4.99 Å². The lowest BCUT2D eigenvalue weighted by Gasteiger charge is -2.16. The molecule has 5 nitrogen and oxygen atoms in total. The van der Waals surface area contributed by atoms with Gasteiger partial charge in [-0.2, -0.15) is 0 Å². The van der Waals surface area contributed by atoms with E-state index in [1.54, 1.807) is 0 Å². The number of rotatable bonds is 2. The van der Waals surface area contributed by atoms with Crippen molar-refractivity contribution in [1.82, 2.24) is 10.6 Å². The van der Waals surface area contributed by atoms with E-state index in [0.29, 0.717) is 25.1 Å². The molecular weight excluding hydrogens is 194 g/mol. The van der Waals surface area contributed by atoms with E-state index in [2.05, 4.69) is 29.5 Å². The third-order valence-electron chi connectivity index (χ3n) is 2.66. The first-order valence-corrected chi connectivity index (χ1v) is 5.34. The maximum absolute atomic E-state index is 11.7. The summed E-state index contributed by atoms with van der Waals surface area (Å²) >= 11 is 0. The average molecular weight is 211 g/mol. The van der Waals surface area contributed by atoms with E-state index in [0.717, 1.165) is 13.0 Å². The largest absolute Gasteiger partial charge is 0.378 e. The number of nitrogens with one attached hydrogen (secondary N) is 2. The minimum atomic E-state index is -0.546. The molecule has 0 aromatic carbocycles. The molecule has 2 N–H and O–H groups in total. The number of carbonyl (C=O) groups excluding carboxylic acids is 1. The van der Waals surface area contributed by atoms with Gasteiger partial charge < -0.3 is 10.1 Å². The Kier molecular flexibility index (Phi) is 2.65. The van der Waals surface area contributed by atoms with Crippen molar-refractivity contribution in [1.29, 1.82) is 0 Å². The Morgan fingerprint density at radius 1 is 1.60 bits per heavy atom. The Labute approximate surface area is 89.3 Å². The van der Waals surface area contributed by atoms with Crippen molar-refractivity contribution in [2.45, 2.75) is 25.8 Å². The molecule has 15 heavy (non-hydrogen) atoms. The number of ether oxygens (including phenoxy) is 1. The molecule has 2 aliphatic rings. The molecule has 0 saturated carbocycles. The number of amides is 1. The third kappa shape index (κ3) is 1.97. The average Bonchev–Trinajstić information content (AvgIpc) is 2.74. The summed E-state index contributed by atoms with van der Waals surface area (Å²) in [5.41, 5.74) is -0.546. The summed E-state index contributed by atoms with van der Waals surface area (Å²) in [5, 5.41) is 5.90. The molecule has 2 heterocycles. The van der Waals surface area contributed by atoms with Crippen molar-refractivity contribution in [2.75, 3.05) is 19.8 Å². The first-order chi connectivity index (χ1) is 7.12. The summed E-state index contributed by atoms with van der Waals surface area (Å²) in [6.07, 6.45) is 0.722. The number of guanidine groups is 1. The Morgan fingerprint density at radius 2 is 2.40 bits per heavy atom. The molecule has 0 bridgehead atoms. The fourth-order valence-corrected chi connectivity index (χ4v) is 1.74. The first kappa shape index (κ1) is 10.4. The zero-order valence-corrected chi connectivity index (χ0v) is 9.17. The minimum Gasteiger partial charge on any atom is -0.378 e. The van der Waals surface area contributed by atoms with Gasteiger partial charge in [0.2, 0.25) is 0 Å². The second kappa shape index (κ2) is 3.81. The molecule has 5 heteroatoms. The monoisotopic (exact) mass is 211 g/mol. The third-order valence-corrected chi connectivity index (χ3v) is 2.66. The van der Waals surface area contributed by atoms with Gasteiger partial charge in [-0.1, -0.05) is 13.8 Å². The van der Waals surface area contributed by atoms with Crippen LogP contribution in [-0.4, -0.2) is 37.2 Å². The van der Waals surface area contributed by atoms with Crippen LogP contribution in [0.4, 0.5) is 0 Å². The zero-order valence-electron chi connectivity index (χ0n) is 9.17. The number of hydrogen-bond donors (Lipinski definition) is 2. The molecule has 84 valence electrons. The summed E-state index contributed by atoms with van der Waals surface area (Å²) in [6.45, 7) is 5.99. The molecule has 2 fully saturated rings. The molecule has 0 aromatic heterocycles. The quantitative estimate of drug-likeness (QED) is 0.669. The molecular formula is C10H17N3O2. The summed E-state index contributed by atoms with van der Waals surface area (Å²) in [6, 6.07) is 0. The minimum absolute atomic E-state index is 0.0116. The molecule has 2 saturated heterocycles. The van der Waals surface area contributed by atoms with Crippen LogP contribution in [0.5, 0.6) is 0 Å². The lowest BCUT2D eigenvalue weighted by atomic mass is 10.00. The van der Waals surface area contributed by atoms with Crippen LogP contribution in [0, 0.1) is 5.92 Å². The second-order valence-electron chi connectivity index (χ2n) is 4.55. The van der Waals surface area contributed by atoms with E-state index < -0.39 is 5.54 Å². The van der Waals surface area contributed by atoms with Crippen LogP contribution >= 0.6 is 0 Å². The van der Waals surface area contributed by atoms with Crippen LogP contribution < -0.4 is 10.6 Å². The van der Waals surface area contributed by atoms with E-state index >= 15 is 0 Å². The van der Waals surface area contributed by atoms with E-state index in [-0.39, 0.29) is 5.91 Å². The van der Waals surface area contributed by atoms with Gasteiger partial charge in [0, 0.05) is 19.6 Å². The summed E-state index contributed by atoms with van der Waals surface area (Å²) in [5.74, 6) is 1.08. The molecule has 0 aromatic rings. The normalized spacial score (nSPS) is 32.7.